The number of carbonyl (C=O) groups excluding carboxylic acids is 1. The van der Waals surface area contributed by atoms with E-state index in [1.54, 1.807) is 24.3 Å². The Bertz CT molecular complexity index is 1460. The number of amides is 1. The zero-order valence-electron chi connectivity index (χ0n) is 25.0. The molecule has 2 aromatic rings. The van der Waals surface area contributed by atoms with Crippen LogP contribution in [0.4, 0.5) is 5.69 Å². The van der Waals surface area contributed by atoms with Crippen molar-refractivity contribution >= 4 is 33.2 Å². The second kappa shape index (κ2) is 13.9. The number of halogens is 1. The summed E-state index contributed by atoms with van der Waals surface area (Å²) in [5.74, 6) is 0.776. The monoisotopic (exact) mass is 626 g/mol. The van der Waals surface area contributed by atoms with Crippen LogP contribution in [-0.2, 0) is 26.6 Å². The van der Waals surface area contributed by atoms with Gasteiger partial charge in [-0.3, -0.25) is 4.79 Å². The van der Waals surface area contributed by atoms with E-state index in [-0.39, 0.29) is 29.9 Å². The fourth-order valence-electron chi connectivity index (χ4n) is 6.64. The van der Waals surface area contributed by atoms with Crippen LogP contribution >= 0.6 is 11.6 Å². The Morgan fingerprint density at radius 1 is 1.26 bits per heavy atom. The second-order valence-corrected chi connectivity index (χ2v) is 14.4. The maximum atomic E-state index is 13.2. The third kappa shape index (κ3) is 7.47. The van der Waals surface area contributed by atoms with Crippen molar-refractivity contribution in [1.82, 2.24) is 4.72 Å². The molecule has 5 rings (SSSR count). The van der Waals surface area contributed by atoms with Crippen LogP contribution in [0, 0.1) is 11.8 Å². The Labute approximate surface area is 261 Å². The minimum Gasteiger partial charge on any atom is -0.490 e. The number of unbranched alkanes of at least 4 members (excludes halogenated alkanes) is 1. The van der Waals surface area contributed by atoms with Gasteiger partial charge in [-0.2, -0.15) is 0 Å². The predicted octanol–water partition coefficient (Wildman–Crippen LogP) is 6.46. The van der Waals surface area contributed by atoms with E-state index >= 15 is 0 Å². The molecule has 2 aromatic carbocycles. The van der Waals surface area contributed by atoms with Crippen molar-refractivity contribution in [3.63, 3.8) is 0 Å². The van der Waals surface area contributed by atoms with Crippen molar-refractivity contribution in [3.05, 3.63) is 82.9 Å². The van der Waals surface area contributed by atoms with Gasteiger partial charge >= 0.3 is 0 Å². The molecule has 1 unspecified atom stereocenters. The zero-order valence-corrected chi connectivity index (χ0v) is 26.6. The molecular weight excluding hydrogens is 584 g/mol. The van der Waals surface area contributed by atoms with E-state index in [1.165, 1.54) is 17.5 Å². The topological polar surface area (TPSA) is 84.9 Å². The predicted molar refractivity (Wildman–Crippen MR) is 173 cm³/mol. The Morgan fingerprint density at radius 3 is 2.88 bits per heavy atom. The van der Waals surface area contributed by atoms with E-state index in [2.05, 4.69) is 47.4 Å². The van der Waals surface area contributed by atoms with E-state index in [0.29, 0.717) is 24.2 Å². The summed E-state index contributed by atoms with van der Waals surface area (Å²) in [6.45, 7) is 8.09. The summed E-state index contributed by atoms with van der Waals surface area (Å²) in [4.78, 5) is 15.6. The Kier molecular flexibility index (Phi) is 10.2. The molecule has 1 aliphatic heterocycles. The number of aryl methyl sites for hydroxylation is 1. The molecule has 7 nitrogen and oxygen atoms in total. The van der Waals surface area contributed by atoms with Crippen LogP contribution in [0.1, 0.15) is 66.9 Å². The molecule has 0 radical (unpaired) electrons. The van der Waals surface area contributed by atoms with Crippen LogP contribution in [-0.4, -0.2) is 53.0 Å². The number of ether oxygens (including phenoxy) is 2. The first-order valence-corrected chi connectivity index (χ1v) is 17.5. The molecule has 3 aliphatic rings. The van der Waals surface area contributed by atoms with Gasteiger partial charge in [-0.25, -0.2) is 13.1 Å². The average molecular weight is 627 g/mol. The fraction of sp³-hybridized carbons (Fsp3) is 0.500. The summed E-state index contributed by atoms with van der Waals surface area (Å²) >= 11 is 6.40. The van der Waals surface area contributed by atoms with Crippen LogP contribution in [0.25, 0.3) is 0 Å². The molecule has 0 aromatic heterocycles. The number of benzene rings is 2. The minimum absolute atomic E-state index is 0.0233. The molecule has 0 bridgehead atoms. The van der Waals surface area contributed by atoms with Crippen molar-refractivity contribution in [2.45, 2.75) is 57.3 Å². The smallest absolute Gasteiger partial charge is 0.264 e. The van der Waals surface area contributed by atoms with Gasteiger partial charge in [-0.15, -0.1) is 6.58 Å². The third-order valence-electron chi connectivity index (χ3n) is 9.05. The molecule has 1 heterocycles. The first-order valence-electron chi connectivity index (χ1n) is 15.4. The maximum absolute atomic E-state index is 13.2. The molecule has 1 N–H and O–H groups in total. The number of hydrogen-bond acceptors (Lipinski definition) is 6. The first kappa shape index (κ1) is 31.6. The van der Waals surface area contributed by atoms with Gasteiger partial charge in [0.25, 0.3) is 5.91 Å². The Balaban J connectivity index is 1.44. The van der Waals surface area contributed by atoms with Crippen LogP contribution < -0.4 is 14.4 Å². The van der Waals surface area contributed by atoms with Gasteiger partial charge in [0.05, 0.1) is 31.3 Å². The van der Waals surface area contributed by atoms with Gasteiger partial charge in [0.1, 0.15) is 5.75 Å². The zero-order chi connectivity index (χ0) is 30.5. The molecule has 0 saturated heterocycles. The highest BCUT2D eigenvalue weighted by molar-refractivity contribution is 7.90. The Hall–Kier alpha value is -2.81. The number of nitrogens with zero attached hydrogens (tertiary/aromatic N) is 1. The second-order valence-electron chi connectivity index (χ2n) is 12.1. The minimum atomic E-state index is -3.87. The van der Waals surface area contributed by atoms with Crippen LogP contribution in [0.5, 0.6) is 5.75 Å². The summed E-state index contributed by atoms with van der Waals surface area (Å²) in [7, 11) is -3.87. The molecule has 1 amide bonds. The molecular formula is C34H43ClN2O5S. The number of allylic oxidation sites excluding steroid dienone is 2. The lowest BCUT2D eigenvalue weighted by Gasteiger charge is -2.44. The molecule has 1 fully saturated rings. The lowest BCUT2D eigenvalue weighted by molar-refractivity contribution is 0.0981. The molecule has 3 atom stereocenters. The van der Waals surface area contributed by atoms with E-state index in [1.807, 2.05) is 6.07 Å². The van der Waals surface area contributed by atoms with Crippen molar-refractivity contribution in [1.29, 1.82) is 0 Å². The van der Waals surface area contributed by atoms with Crippen LogP contribution in [0.2, 0.25) is 5.02 Å². The summed E-state index contributed by atoms with van der Waals surface area (Å²) in [6, 6.07) is 11.5. The number of nitrogens with one attached hydrogen (secondary N) is 1. The molecule has 43 heavy (non-hydrogen) atoms. The van der Waals surface area contributed by atoms with E-state index in [0.717, 1.165) is 62.3 Å². The van der Waals surface area contributed by atoms with Gasteiger partial charge in [0.15, 0.2) is 0 Å². The standard InChI is InChI=1S/C34H43ClN2O5S/c1-3-5-6-8-25-10-11-28(25)22-37-23-34(16-7-9-26-20-29(35)13-14-30(26)34)24-42-32-15-12-27(21-31(32)37)33(38)36-43(39,40)19-18-41-17-4-2/h4,6,8,12-15,20-21,25,28H,2-3,5,7,9-11,16-19,22-24H2,1H3,(H,36,38)/b8-6+/t25-,28+,34?/m0/s1. The lowest BCUT2D eigenvalue weighted by atomic mass is 9.69. The molecule has 232 valence electrons. The summed E-state index contributed by atoms with van der Waals surface area (Å²) < 4.78 is 39.1. The van der Waals surface area contributed by atoms with E-state index in [9.17, 15) is 13.2 Å². The number of sulfonamides is 1. The highest BCUT2D eigenvalue weighted by Crippen LogP contribution is 2.46. The van der Waals surface area contributed by atoms with Crippen molar-refractivity contribution in [3.8, 4) is 5.75 Å². The Morgan fingerprint density at radius 2 is 2.12 bits per heavy atom. The number of fused-ring (bicyclic) bond motifs is 3. The van der Waals surface area contributed by atoms with Crippen LogP contribution in [0.3, 0.4) is 0 Å². The molecule has 9 heteroatoms. The lowest BCUT2D eigenvalue weighted by Crippen LogP contribution is -2.48. The summed E-state index contributed by atoms with van der Waals surface area (Å²) in [5.41, 5.74) is 3.46. The van der Waals surface area contributed by atoms with Crippen molar-refractivity contribution in [2.75, 3.05) is 43.6 Å². The highest BCUT2D eigenvalue weighted by atomic mass is 35.5. The van der Waals surface area contributed by atoms with Gasteiger partial charge < -0.3 is 14.4 Å². The average Bonchev–Trinajstić information content (AvgIpc) is 3.12. The van der Waals surface area contributed by atoms with E-state index < -0.39 is 15.9 Å². The molecule has 1 spiro atoms. The van der Waals surface area contributed by atoms with Crippen molar-refractivity contribution in [2.24, 2.45) is 11.8 Å². The van der Waals surface area contributed by atoms with Gasteiger partial charge in [0, 0.05) is 29.1 Å². The third-order valence-corrected chi connectivity index (χ3v) is 10.5. The quantitative estimate of drug-likeness (QED) is 0.215. The number of carbonyl (C=O) groups is 1. The summed E-state index contributed by atoms with van der Waals surface area (Å²) in [6.07, 6.45) is 13.9. The van der Waals surface area contributed by atoms with Crippen molar-refractivity contribution < 1.29 is 22.7 Å². The molecule has 2 aliphatic carbocycles. The number of anilines is 1. The maximum Gasteiger partial charge on any atom is 0.264 e. The fourth-order valence-corrected chi connectivity index (χ4v) is 7.67. The normalized spacial score (nSPS) is 23.2. The van der Waals surface area contributed by atoms with Crippen LogP contribution in [0.15, 0.2) is 61.2 Å². The van der Waals surface area contributed by atoms with Gasteiger partial charge in [0.2, 0.25) is 10.0 Å². The SMILES string of the molecule is C=CCOCCS(=O)(=O)NC(=O)c1ccc2c(c1)N(C[C@H]1CC[C@@H]1/C=C/CCC)CC1(CCCc3cc(Cl)ccc31)CO2. The van der Waals surface area contributed by atoms with Gasteiger partial charge in [-0.05, 0) is 91.8 Å². The first-order chi connectivity index (χ1) is 20.7. The van der Waals surface area contributed by atoms with Gasteiger partial charge in [-0.1, -0.05) is 49.2 Å². The number of rotatable bonds is 12. The summed E-state index contributed by atoms with van der Waals surface area (Å²) in [5, 5.41) is 0.750. The number of hydrogen-bond donors (Lipinski definition) is 1. The molecule has 1 saturated carbocycles. The van der Waals surface area contributed by atoms with E-state index in [4.69, 9.17) is 21.1 Å². The largest absolute Gasteiger partial charge is 0.490 e. The highest BCUT2D eigenvalue weighted by Gasteiger charge is 2.43.